The molecule has 1 aromatic heterocycles. The maximum atomic E-state index is 12.8. The average Bonchev–Trinajstić information content (AvgIpc) is 2.45. The predicted molar refractivity (Wildman–Crippen MR) is 71.9 cm³/mol. The van der Waals surface area contributed by atoms with Gasteiger partial charge in [0.15, 0.2) is 0 Å². The molecule has 7 heteroatoms. The third-order valence-electron chi connectivity index (χ3n) is 3.47. The number of nitrogens with zero attached hydrogens (tertiary/aromatic N) is 2. The second-order valence-corrected chi connectivity index (χ2v) is 4.95. The summed E-state index contributed by atoms with van der Waals surface area (Å²) in [5.41, 5.74) is -0.957. The summed E-state index contributed by atoms with van der Waals surface area (Å²) < 4.78 is 25.6. The second kappa shape index (κ2) is 6.90. The number of H-pyrrole nitrogens is 1. The lowest BCUT2D eigenvalue weighted by Crippen LogP contribution is -2.45. The van der Waals surface area contributed by atoms with Crippen LogP contribution in [0.15, 0.2) is 10.9 Å². The van der Waals surface area contributed by atoms with Crippen molar-refractivity contribution in [3.63, 3.8) is 0 Å². The zero-order chi connectivity index (χ0) is 14.5. The quantitative estimate of drug-likeness (QED) is 0.860. The minimum absolute atomic E-state index is 0.103. The van der Waals surface area contributed by atoms with Gasteiger partial charge in [-0.05, 0) is 6.42 Å². The van der Waals surface area contributed by atoms with Gasteiger partial charge in [0.2, 0.25) is 0 Å². The molecule has 2 heterocycles. The molecule has 1 aromatic rings. The zero-order valence-corrected chi connectivity index (χ0v) is 11.5. The van der Waals surface area contributed by atoms with Crippen LogP contribution in [-0.4, -0.2) is 41.0 Å². The van der Waals surface area contributed by atoms with Crippen molar-refractivity contribution in [3.8, 4) is 0 Å². The van der Waals surface area contributed by atoms with Crippen molar-refractivity contribution in [1.29, 1.82) is 0 Å². The van der Waals surface area contributed by atoms with E-state index in [0.717, 1.165) is 45.1 Å². The topological polar surface area (TPSA) is 61.0 Å². The highest BCUT2D eigenvalue weighted by Crippen LogP contribution is 2.24. The fourth-order valence-electron chi connectivity index (χ4n) is 2.53. The molecule has 2 rings (SSSR count). The first kappa shape index (κ1) is 15.1. The Hall–Kier alpha value is -1.34. The van der Waals surface area contributed by atoms with E-state index in [4.69, 9.17) is 0 Å². The highest BCUT2D eigenvalue weighted by molar-refractivity contribution is 5.07. The monoisotopic (exact) mass is 286 g/mol. The molecule has 0 bridgehead atoms. The summed E-state index contributed by atoms with van der Waals surface area (Å²) in [7, 11) is 0. The smallest absolute Gasteiger partial charge is 0.280 e. The summed E-state index contributed by atoms with van der Waals surface area (Å²) in [6, 6.07) is 0.767. The third-order valence-corrected chi connectivity index (χ3v) is 3.47. The Kier molecular flexibility index (Phi) is 5.19. The number of rotatable bonds is 5. The van der Waals surface area contributed by atoms with Crippen molar-refractivity contribution < 1.29 is 8.78 Å². The molecule has 0 radical (unpaired) electrons. The van der Waals surface area contributed by atoms with E-state index in [2.05, 4.69) is 20.2 Å². The Balaban J connectivity index is 2.30. The van der Waals surface area contributed by atoms with Crippen molar-refractivity contribution in [1.82, 2.24) is 20.2 Å². The van der Waals surface area contributed by atoms with Crippen LogP contribution in [0.1, 0.15) is 43.8 Å². The van der Waals surface area contributed by atoms with Gasteiger partial charge in [0.25, 0.3) is 12.0 Å². The van der Waals surface area contributed by atoms with Gasteiger partial charge in [0.1, 0.15) is 11.5 Å². The molecule has 2 N–H and O–H groups in total. The van der Waals surface area contributed by atoms with Crippen molar-refractivity contribution >= 4 is 0 Å². The molecule has 1 fully saturated rings. The Labute approximate surface area is 116 Å². The molecule has 1 aliphatic heterocycles. The highest BCUT2D eigenvalue weighted by Gasteiger charge is 2.24. The van der Waals surface area contributed by atoms with Crippen LogP contribution < -0.4 is 10.9 Å². The van der Waals surface area contributed by atoms with Gasteiger partial charge in [-0.25, -0.2) is 13.8 Å². The van der Waals surface area contributed by atoms with Gasteiger partial charge in [-0.2, -0.15) is 0 Å². The van der Waals surface area contributed by atoms with Crippen LogP contribution in [0, 0.1) is 0 Å². The molecule has 5 nitrogen and oxygen atoms in total. The van der Waals surface area contributed by atoms with Gasteiger partial charge in [0.05, 0.1) is 6.04 Å². The van der Waals surface area contributed by atoms with Crippen molar-refractivity contribution in [3.05, 3.63) is 27.9 Å². The molecule has 1 atom stereocenters. The number of alkyl halides is 2. The molecule has 0 saturated carbocycles. The average molecular weight is 286 g/mol. The number of aromatic nitrogens is 2. The summed E-state index contributed by atoms with van der Waals surface area (Å²) in [5.74, 6) is 0.358. The standard InChI is InChI=1S/C13H20F2N4O/c1-2-3-10(19-6-4-16-5-7-19)13-17-9(12(14)15)8-11(20)18-13/h8,10,12,16H,2-7H2,1H3,(H,17,18,20). The summed E-state index contributed by atoms with van der Waals surface area (Å²) in [4.78, 5) is 20.3. The fraction of sp³-hybridized carbons (Fsp3) is 0.692. The minimum Gasteiger partial charge on any atom is -0.314 e. The van der Waals surface area contributed by atoms with Crippen LogP contribution in [-0.2, 0) is 0 Å². The van der Waals surface area contributed by atoms with Gasteiger partial charge in [-0.1, -0.05) is 13.3 Å². The van der Waals surface area contributed by atoms with E-state index < -0.39 is 17.7 Å². The summed E-state index contributed by atoms with van der Waals surface area (Å²) in [6.45, 7) is 5.41. The fourth-order valence-corrected chi connectivity index (χ4v) is 2.53. The number of hydrogen-bond acceptors (Lipinski definition) is 4. The maximum absolute atomic E-state index is 12.8. The molecule has 0 aromatic carbocycles. The van der Waals surface area contributed by atoms with E-state index in [1.165, 1.54) is 0 Å². The lowest BCUT2D eigenvalue weighted by Gasteiger charge is -2.34. The number of nitrogens with one attached hydrogen (secondary N) is 2. The predicted octanol–water partition coefficient (Wildman–Crippen LogP) is 1.45. The van der Waals surface area contributed by atoms with Crippen molar-refractivity contribution in [2.24, 2.45) is 0 Å². The van der Waals surface area contributed by atoms with Gasteiger partial charge in [0, 0.05) is 32.2 Å². The first-order valence-corrected chi connectivity index (χ1v) is 6.96. The van der Waals surface area contributed by atoms with E-state index in [9.17, 15) is 13.6 Å². The largest absolute Gasteiger partial charge is 0.314 e. The van der Waals surface area contributed by atoms with Crippen LogP contribution in [0.3, 0.4) is 0 Å². The summed E-state index contributed by atoms with van der Waals surface area (Å²) in [5, 5.41) is 3.25. The second-order valence-electron chi connectivity index (χ2n) is 4.95. The Morgan fingerprint density at radius 3 is 2.70 bits per heavy atom. The third kappa shape index (κ3) is 3.61. The minimum atomic E-state index is -2.72. The zero-order valence-electron chi connectivity index (χ0n) is 11.5. The number of piperazine rings is 1. The van der Waals surface area contributed by atoms with Crippen molar-refractivity contribution in [2.75, 3.05) is 26.2 Å². The molecular formula is C13H20F2N4O. The lowest BCUT2D eigenvalue weighted by molar-refractivity contribution is 0.139. The Morgan fingerprint density at radius 2 is 2.10 bits per heavy atom. The molecule has 0 amide bonds. The molecule has 1 saturated heterocycles. The molecule has 1 unspecified atom stereocenters. The van der Waals surface area contributed by atoms with E-state index in [1.807, 2.05) is 6.92 Å². The molecule has 20 heavy (non-hydrogen) atoms. The number of hydrogen-bond donors (Lipinski definition) is 2. The maximum Gasteiger partial charge on any atom is 0.280 e. The van der Waals surface area contributed by atoms with Gasteiger partial charge in [-0.15, -0.1) is 0 Å². The first-order valence-electron chi connectivity index (χ1n) is 6.96. The molecule has 0 spiro atoms. The summed E-state index contributed by atoms with van der Waals surface area (Å²) >= 11 is 0. The number of halogens is 2. The number of aromatic amines is 1. The van der Waals surface area contributed by atoms with Crippen LogP contribution in [0.2, 0.25) is 0 Å². The van der Waals surface area contributed by atoms with Crippen LogP contribution in [0.25, 0.3) is 0 Å². The van der Waals surface area contributed by atoms with E-state index in [-0.39, 0.29) is 6.04 Å². The Morgan fingerprint density at radius 1 is 1.40 bits per heavy atom. The normalized spacial score (nSPS) is 18.4. The molecule has 112 valence electrons. The van der Waals surface area contributed by atoms with Gasteiger partial charge < -0.3 is 10.3 Å². The van der Waals surface area contributed by atoms with Crippen LogP contribution in [0.4, 0.5) is 8.78 Å². The van der Waals surface area contributed by atoms with Crippen LogP contribution >= 0.6 is 0 Å². The lowest BCUT2D eigenvalue weighted by atomic mass is 10.1. The molecular weight excluding hydrogens is 266 g/mol. The Bertz CT molecular complexity index is 486. The molecule has 1 aliphatic rings. The SMILES string of the molecule is CCCC(c1nc(C(F)F)cc(=O)[nH]1)N1CCNCC1. The van der Waals surface area contributed by atoms with E-state index >= 15 is 0 Å². The summed E-state index contributed by atoms with van der Waals surface area (Å²) in [6.07, 6.45) is -1.03. The van der Waals surface area contributed by atoms with Crippen LogP contribution in [0.5, 0.6) is 0 Å². The van der Waals surface area contributed by atoms with E-state index in [0.29, 0.717) is 5.82 Å². The highest BCUT2D eigenvalue weighted by atomic mass is 19.3. The molecule has 0 aliphatic carbocycles. The van der Waals surface area contributed by atoms with E-state index in [1.54, 1.807) is 0 Å². The van der Waals surface area contributed by atoms with Crippen molar-refractivity contribution in [2.45, 2.75) is 32.2 Å². The van der Waals surface area contributed by atoms with Gasteiger partial charge >= 0.3 is 0 Å². The first-order chi connectivity index (χ1) is 9.61. The van der Waals surface area contributed by atoms with Gasteiger partial charge in [-0.3, -0.25) is 9.69 Å².